The normalized spacial score (nSPS) is 10.6. The zero-order valence-corrected chi connectivity index (χ0v) is 11.9. The van der Waals surface area contributed by atoms with Crippen molar-refractivity contribution >= 4 is 15.9 Å². The van der Waals surface area contributed by atoms with Gasteiger partial charge in [0, 0.05) is 41.9 Å². The van der Waals surface area contributed by atoms with Crippen molar-refractivity contribution in [3.63, 3.8) is 0 Å². The third-order valence-electron chi connectivity index (χ3n) is 2.78. The molecule has 0 amide bonds. The van der Waals surface area contributed by atoms with E-state index in [1.165, 1.54) is 0 Å². The number of aromatic nitrogens is 2. The van der Waals surface area contributed by atoms with Crippen molar-refractivity contribution in [2.45, 2.75) is 13.0 Å². The lowest BCUT2D eigenvalue weighted by atomic mass is 10.2. The Morgan fingerprint density at radius 1 is 1.39 bits per heavy atom. The molecule has 1 heterocycles. The Morgan fingerprint density at radius 3 is 2.89 bits per heavy atom. The molecular weight excluding hydrogens is 294 g/mol. The van der Waals surface area contributed by atoms with Crippen LogP contribution in [0.1, 0.15) is 11.3 Å². The Hall–Kier alpha value is -1.33. The molecule has 0 atom stereocenters. The second-order valence-electron chi connectivity index (χ2n) is 4.00. The molecule has 0 aliphatic rings. The number of hydrogen-bond acceptors (Lipinski definition) is 3. The minimum Gasteiger partial charge on any atom is -0.493 e. The van der Waals surface area contributed by atoms with Gasteiger partial charge in [-0.1, -0.05) is 15.9 Å². The third-order valence-corrected chi connectivity index (χ3v) is 3.27. The van der Waals surface area contributed by atoms with Crippen molar-refractivity contribution < 1.29 is 4.74 Å². The van der Waals surface area contributed by atoms with Crippen LogP contribution in [0.2, 0.25) is 0 Å². The summed E-state index contributed by atoms with van der Waals surface area (Å²) in [6, 6.07) is 7.88. The molecule has 0 aliphatic heterocycles. The Morgan fingerprint density at radius 2 is 2.22 bits per heavy atom. The molecule has 5 heteroatoms. The monoisotopic (exact) mass is 309 g/mol. The van der Waals surface area contributed by atoms with Crippen LogP contribution in [0.3, 0.4) is 0 Å². The average molecular weight is 310 g/mol. The molecule has 4 nitrogen and oxygen atoms in total. The van der Waals surface area contributed by atoms with Gasteiger partial charge in [-0.3, -0.25) is 4.68 Å². The number of nitrogens with zero attached hydrogens (tertiary/aromatic N) is 2. The zero-order valence-electron chi connectivity index (χ0n) is 10.3. The highest BCUT2D eigenvalue weighted by atomic mass is 79.9. The number of ether oxygens (including phenoxy) is 1. The summed E-state index contributed by atoms with van der Waals surface area (Å²) in [7, 11) is 1.93. The maximum absolute atomic E-state index is 5.77. The number of hydrogen-bond donors (Lipinski definition) is 1. The quantitative estimate of drug-likeness (QED) is 0.921. The molecule has 0 bridgehead atoms. The number of benzene rings is 1. The molecule has 0 saturated carbocycles. The predicted molar refractivity (Wildman–Crippen MR) is 74.4 cm³/mol. The van der Waals surface area contributed by atoms with E-state index >= 15 is 0 Å². The maximum Gasteiger partial charge on any atom is 0.123 e. The van der Waals surface area contributed by atoms with Crippen molar-refractivity contribution in [2.75, 3.05) is 6.61 Å². The third kappa shape index (κ3) is 3.11. The first-order chi connectivity index (χ1) is 8.70. The molecule has 0 unspecified atom stereocenters. The lowest BCUT2D eigenvalue weighted by molar-refractivity contribution is 0.315. The molecule has 1 aromatic carbocycles. The smallest absolute Gasteiger partial charge is 0.123 e. The first-order valence-corrected chi connectivity index (χ1v) is 6.58. The van der Waals surface area contributed by atoms with Gasteiger partial charge in [-0.25, -0.2) is 0 Å². The molecule has 96 valence electrons. The van der Waals surface area contributed by atoms with E-state index in [1.54, 1.807) is 6.20 Å². The van der Waals surface area contributed by atoms with E-state index in [0.717, 1.165) is 27.9 Å². The van der Waals surface area contributed by atoms with Gasteiger partial charge in [0.15, 0.2) is 0 Å². The van der Waals surface area contributed by atoms with Crippen LogP contribution in [0.5, 0.6) is 5.75 Å². The number of halogens is 1. The van der Waals surface area contributed by atoms with Crippen LogP contribution in [0.25, 0.3) is 0 Å². The number of nitrogens with two attached hydrogens (primary N) is 1. The van der Waals surface area contributed by atoms with Gasteiger partial charge in [0.1, 0.15) is 5.75 Å². The van der Waals surface area contributed by atoms with Crippen molar-refractivity contribution in [3.05, 3.63) is 46.2 Å². The Kier molecular flexibility index (Phi) is 4.38. The fourth-order valence-electron chi connectivity index (χ4n) is 1.76. The van der Waals surface area contributed by atoms with E-state index in [-0.39, 0.29) is 0 Å². The zero-order chi connectivity index (χ0) is 13.0. The van der Waals surface area contributed by atoms with Gasteiger partial charge in [0.2, 0.25) is 0 Å². The summed E-state index contributed by atoms with van der Waals surface area (Å²) in [5.41, 5.74) is 7.86. The van der Waals surface area contributed by atoms with Crippen molar-refractivity contribution in [2.24, 2.45) is 12.8 Å². The van der Waals surface area contributed by atoms with Crippen LogP contribution >= 0.6 is 15.9 Å². The molecule has 0 spiro atoms. The van der Waals surface area contributed by atoms with Gasteiger partial charge in [-0.05, 0) is 24.3 Å². The molecule has 0 fully saturated rings. The molecule has 2 N–H and O–H groups in total. The standard InChI is InChI=1S/C13H16BrN3O/c1-17-12(4-6-16-17)5-7-18-13-3-2-11(14)8-10(13)9-15/h2-4,6,8H,5,7,9,15H2,1H3. The summed E-state index contributed by atoms with van der Waals surface area (Å²) in [6.45, 7) is 1.09. The largest absolute Gasteiger partial charge is 0.493 e. The van der Waals surface area contributed by atoms with Gasteiger partial charge < -0.3 is 10.5 Å². The van der Waals surface area contributed by atoms with E-state index in [0.29, 0.717) is 13.2 Å². The highest BCUT2D eigenvalue weighted by Gasteiger charge is 2.04. The maximum atomic E-state index is 5.77. The Bertz CT molecular complexity index is 525. The second-order valence-corrected chi connectivity index (χ2v) is 4.92. The highest BCUT2D eigenvalue weighted by Crippen LogP contribution is 2.22. The first kappa shape index (κ1) is 13.1. The lowest BCUT2D eigenvalue weighted by Gasteiger charge is -2.10. The molecular formula is C13H16BrN3O. The Labute approximate surface area is 115 Å². The minimum absolute atomic E-state index is 0.473. The molecule has 0 radical (unpaired) electrons. The lowest BCUT2D eigenvalue weighted by Crippen LogP contribution is -2.08. The molecule has 2 rings (SSSR count). The molecule has 18 heavy (non-hydrogen) atoms. The summed E-state index contributed by atoms with van der Waals surface area (Å²) >= 11 is 3.42. The highest BCUT2D eigenvalue weighted by molar-refractivity contribution is 9.10. The van der Waals surface area contributed by atoms with E-state index in [1.807, 2.05) is 36.0 Å². The summed E-state index contributed by atoms with van der Waals surface area (Å²) in [4.78, 5) is 0. The van der Waals surface area contributed by atoms with Gasteiger partial charge in [0.25, 0.3) is 0 Å². The predicted octanol–water partition coefficient (Wildman–Crippen LogP) is 2.26. The number of rotatable bonds is 5. The fourth-order valence-corrected chi connectivity index (χ4v) is 2.17. The summed E-state index contributed by atoms with van der Waals surface area (Å²) in [6.07, 6.45) is 2.62. The van der Waals surface area contributed by atoms with Gasteiger partial charge in [-0.2, -0.15) is 5.10 Å². The van der Waals surface area contributed by atoms with E-state index < -0.39 is 0 Å². The topological polar surface area (TPSA) is 53.1 Å². The molecule has 0 saturated heterocycles. The van der Waals surface area contributed by atoms with E-state index in [4.69, 9.17) is 10.5 Å². The molecule has 0 aliphatic carbocycles. The average Bonchev–Trinajstić information content (AvgIpc) is 2.77. The first-order valence-electron chi connectivity index (χ1n) is 5.79. The van der Waals surface area contributed by atoms with Crippen molar-refractivity contribution in [1.29, 1.82) is 0 Å². The van der Waals surface area contributed by atoms with Crippen LogP contribution in [0.4, 0.5) is 0 Å². The van der Waals surface area contributed by atoms with E-state index in [9.17, 15) is 0 Å². The minimum atomic E-state index is 0.473. The van der Waals surface area contributed by atoms with Crippen molar-refractivity contribution in [1.82, 2.24) is 9.78 Å². The second kappa shape index (κ2) is 6.02. The van der Waals surface area contributed by atoms with Crippen molar-refractivity contribution in [3.8, 4) is 5.75 Å². The molecule has 1 aromatic heterocycles. The van der Waals surface area contributed by atoms with Gasteiger partial charge >= 0.3 is 0 Å². The SMILES string of the molecule is Cn1nccc1CCOc1ccc(Br)cc1CN. The van der Waals surface area contributed by atoms with Crippen LogP contribution in [0, 0.1) is 0 Å². The number of aryl methyl sites for hydroxylation is 1. The van der Waals surface area contributed by atoms with Crippen LogP contribution in [-0.2, 0) is 20.0 Å². The summed E-state index contributed by atoms with van der Waals surface area (Å²) in [5, 5.41) is 4.12. The van der Waals surface area contributed by atoms with Crippen LogP contribution < -0.4 is 10.5 Å². The van der Waals surface area contributed by atoms with Gasteiger partial charge in [0.05, 0.1) is 6.61 Å². The fraction of sp³-hybridized carbons (Fsp3) is 0.308. The molecule has 2 aromatic rings. The van der Waals surface area contributed by atoms with Crippen LogP contribution in [-0.4, -0.2) is 16.4 Å². The summed E-state index contributed by atoms with van der Waals surface area (Å²) in [5.74, 6) is 0.850. The summed E-state index contributed by atoms with van der Waals surface area (Å²) < 4.78 is 8.64. The van der Waals surface area contributed by atoms with Crippen LogP contribution in [0.15, 0.2) is 34.9 Å². The van der Waals surface area contributed by atoms with Gasteiger partial charge in [-0.15, -0.1) is 0 Å². The Balaban J connectivity index is 1.96. The van der Waals surface area contributed by atoms with E-state index in [2.05, 4.69) is 21.0 Å².